The monoisotopic (exact) mass is 526 g/mol. The summed E-state index contributed by atoms with van der Waals surface area (Å²) >= 11 is 5.35. The van der Waals surface area contributed by atoms with Crippen LogP contribution in [0.3, 0.4) is 0 Å². The van der Waals surface area contributed by atoms with Gasteiger partial charge in [-0.3, -0.25) is 4.79 Å². The van der Waals surface area contributed by atoms with Gasteiger partial charge in [0.05, 0.1) is 5.56 Å². The lowest BCUT2D eigenvalue weighted by atomic mass is 9.79. The molecule has 1 aliphatic heterocycles. The van der Waals surface area contributed by atoms with E-state index in [-0.39, 0.29) is 38.7 Å². The molecule has 0 saturated carbocycles. The second-order valence-electron chi connectivity index (χ2n) is 8.42. The third-order valence-electron chi connectivity index (χ3n) is 5.94. The van der Waals surface area contributed by atoms with E-state index in [2.05, 4.69) is 10.6 Å². The van der Waals surface area contributed by atoms with Gasteiger partial charge in [0.15, 0.2) is 10.5 Å². The third kappa shape index (κ3) is 4.81. The van der Waals surface area contributed by atoms with Crippen molar-refractivity contribution >= 4 is 58.2 Å². The number of carbonyl (C=O) groups is 1. The Bertz CT molecular complexity index is 1750. The molecule has 3 aromatic carbocycles. The van der Waals surface area contributed by atoms with Crippen LogP contribution in [0.4, 0.5) is 11.4 Å². The van der Waals surface area contributed by atoms with Crippen molar-refractivity contribution < 1.29 is 29.5 Å². The highest BCUT2D eigenvalue weighted by Gasteiger charge is 2.22. The highest BCUT2D eigenvalue weighted by atomic mass is 32.1. The number of carboxylic acid groups (broad SMARTS) is 1. The van der Waals surface area contributed by atoms with Crippen LogP contribution in [0.1, 0.15) is 10.4 Å². The fourth-order valence-electron chi connectivity index (χ4n) is 4.29. The zero-order valence-electron chi connectivity index (χ0n) is 19.5. The van der Waals surface area contributed by atoms with E-state index in [1.807, 2.05) is 0 Å². The first kappa shape index (κ1) is 25.0. The van der Waals surface area contributed by atoms with Crippen LogP contribution in [0.5, 0.6) is 5.75 Å². The number of phenolic OH excluding ortho intramolecular Hbond substituents is 1. The number of aromatic hydroxyl groups is 1. The number of thiocarbonyl (C=S) groups is 1. The summed E-state index contributed by atoms with van der Waals surface area (Å²) in [7, 11) is -1.71. The van der Waals surface area contributed by atoms with E-state index in [1.165, 1.54) is 36.4 Å². The smallest absolute Gasteiger partial charge is 0.490 e. The molecule has 0 spiro atoms. The van der Waals surface area contributed by atoms with Crippen molar-refractivity contribution in [3.05, 3.63) is 94.6 Å². The molecule has 0 bridgehead atoms. The average molecular weight is 526 g/mol. The normalized spacial score (nSPS) is 10.9. The predicted molar refractivity (Wildman–Crippen MR) is 149 cm³/mol. The van der Waals surface area contributed by atoms with Crippen LogP contribution in [-0.2, 0) is 0 Å². The lowest BCUT2D eigenvalue weighted by Crippen LogP contribution is -2.34. The SMILES string of the molecule is O=C(O)c1cc(NC(=S)Nc2ccccc2B(O)O)ccc1-c1c2ccc(=O)cc-2oc2cc(O)ccc12. The van der Waals surface area contributed by atoms with Crippen LogP contribution in [0.25, 0.3) is 33.4 Å². The topological polar surface area (TPSA) is 152 Å². The van der Waals surface area contributed by atoms with Gasteiger partial charge >= 0.3 is 13.1 Å². The summed E-state index contributed by atoms with van der Waals surface area (Å²) < 4.78 is 5.85. The first-order valence-corrected chi connectivity index (χ1v) is 11.7. The summed E-state index contributed by atoms with van der Waals surface area (Å²) in [5.74, 6) is -0.990. The Morgan fingerprint density at radius 1 is 0.895 bits per heavy atom. The van der Waals surface area contributed by atoms with E-state index in [0.29, 0.717) is 33.5 Å². The zero-order valence-corrected chi connectivity index (χ0v) is 20.3. The molecule has 6 N–H and O–H groups in total. The second kappa shape index (κ2) is 9.98. The van der Waals surface area contributed by atoms with Crippen LogP contribution in [0, 0.1) is 0 Å². The second-order valence-corrected chi connectivity index (χ2v) is 8.83. The van der Waals surface area contributed by atoms with Gasteiger partial charge in [-0.25, -0.2) is 4.79 Å². The van der Waals surface area contributed by atoms with E-state index in [0.717, 1.165) is 0 Å². The van der Waals surface area contributed by atoms with Crippen LogP contribution < -0.4 is 21.5 Å². The molecule has 2 aliphatic rings. The highest BCUT2D eigenvalue weighted by Crippen LogP contribution is 2.42. The Morgan fingerprint density at radius 3 is 2.42 bits per heavy atom. The standard InChI is InChI=1S/C27H19BN2O7S/c31-15-6-9-18-23(12-15)37-24-13-16(32)7-10-19(24)25(18)17-8-5-14(11-20(17)26(33)34)29-27(38)30-22-4-2-1-3-21(22)28(35)36/h1-13,31,35-36H,(H,33,34)(H2,29,30,38). The number of hydrogen-bond donors (Lipinski definition) is 6. The van der Waals surface area contributed by atoms with Crippen molar-refractivity contribution in [1.29, 1.82) is 0 Å². The largest absolute Gasteiger partial charge is 0.508 e. The molecule has 9 nitrogen and oxygen atoms in total. The highest BCUT2D eigenvalue weighted by molar-refractivity contribution is 7.80. The van der Waals surface area contributed by atoms with Gasteiger partial charge in [0.1, 0.15) is 17.1 Å². The molecule has 38 heavy (non-hydrogen) atoms. The molecule has 0 atom stereocenters. The molecule has 0 radical (unpaired) electrons. The van der Waals surface area contributed by atoms with Gasteiger partial charge in [0, 0.05) is 45.5 Å². The maximum absolute atomic E-state index is 12.4. The molecule has 0 amide bonds. The fourth-order valence-corrected chi connectivity index (χ4v) is 4.51. The lowest BCUT2D eigenvalue weighted by Gasteiger charge is -2.18. The third-order valence-corrected chi connectivity index (χ3v) is 6.15. The van der Waals surface area contributed by atoms with Gasteiger partial charge in [-0.2, -0.15) is 0 Å². The molecule has 188 valence electrons. The first-order valence-electron chi connectivity index (χ1n) is 11.3. The summed E-state index contributed by atoms with van der Waals surface area (Å²) in [6.45, 7) is 0. The van der Waals surface area contributed by atoms with E-state index in [4.69, 9.17) is 16.6 Å². The first-order chi connectivity index (χ1) is 18.2. The lowest BCUT2D eigenvalue weighted by molar-refractivity contribution is 0.0697. The quantitative estimate of drug-likeness (QED) is 0.114. The molecule has 0 unspecified atom stereocenters. The Balaban J connectivity index is 1.58. The molecule has 0 aromatic heterocycles. The molecule has 3 aromatic rings. The number of anilines is 2. The number of carboxylic acids is 1. The van der Waals surface area contributed by atoms with Gasteiger partial charge in [-0.05, 0) is 60.2 Å². The average Bonchev–Trinajstić information content (AvgIpc) is 2.87. The minimum Gasteiger partial charge on any atom is -0.508 e. The molecule has 5 rings (SSSR count). The molecular formula is C27H19BN2O7S. The summed E-state index contributed by atoms with van der Waals surface area (Å²) in [6.07, 6.45) is 0. The Hall–Kier alpha value is -4.71. The molecule has 0 saturated heterocycles. The summed E-state index contributed by atoms with van der Waals surface area (Å²) in [5.41, 5.74) is 2.36. The van der Waals surface area contributed by atoms with Gasteiger partial charge in [0.2, 0.25) is 0 Å². The van der Waals surface area contributed by atoms with Crippen molar-refractivity contribution in [2.24, 2.45) is 0 Å². The number of benzene rings is 4. The summed E-state index contributed by atoms with van der Waals surface area (Å²) in [6, 6.07) is 19.9. The Morgan fingerprint density at radius 2 is 1.66 bits per heavy atom. The molecule has 1 aliphatic carbocycles. The van der Waals surface area contributed by atoms with E-state index < -0.39 is 13.1 Å². The number of rotatable bonds is 5. The molecule has 0 fully saturated rings. The van der Waals surface area contributed by atoms with Crippen molar-refractivity contribution in [3.8, 4) is 28.2 Å². The molecule has 1 heterocycles. The van der Waals surface area contributed by atoms with Crippen LogP contribution in [0.2, 0.25) is 0 Å². The summed E-state index contributed by atoms with van der Waals surface area (Å²) in [5, 5.41) is 45.7. The van der Waals surface area contributed by atoms with Crippen molar-refractivity contribution in [3.63, 3.8) is 0 Å². The van der Waals surface area contributed by atoms with Crippen LogP contribution in [0.15, 0.2) is 88.1 Å². The van der Waals surface area contributed by atoms with Crippen molar-refractivity contribution in [2.75, 3.05) is 10.6 Å². The van der Waals surface area contributed by atoms with Crippen molar-refractivity contribution in [2.45, 2.75) is 0 Å². The summed E-state index contributed by atoms with van der Waals surface area (Å²) in [4.78, 5) is 24.4. The molecule has 11 heteroatoms. The number of nitrogens with one attached hydrogen (secondary N) is 2. The maximum Gasteiger partial charge on any atom is 0.490 e. The number of hydrogen-bond acceptors (Lipinski definition) is 7. The molecular weight excluding hydrogens is 507 g/mol. The zero-order chi connectivity index (χ0) is 27.0. The minimum absolute atomic E-state index is 0.0425. The van der Waals surface area contributed by atoms with E-state index in [9.17, 15) is 29.9 Å². The van der Waals surface area contributed by atoms with Crippen LogP contribution in [-0.4, -0.2) is 38.5 Å². The van der Waals surface area contributed by atoms with E-state index in [1.54, 1.807) is 42.5 Å². The van der Waals surface area contributed by atoms with Crippen LogP contribution >= 0.6 is 12.2 Å². The van der Waals surface area contributed by atoms with Gasteiger partial charge in [-0.1, -0.05) is 24.3 Å². The van der Waals surface area contributed by atoms with Gasteiger partial charge in [0.25, 0.3) is 0 Å². The maximum atomic E-state index is 12.4. The Labute approximate surface area is 221 Å². The number of phenols is 1. The van der Waals surface area contributed by atoms with Gasteiger partial charge < -0.3 is 35.3 Å². The predicted octanol–water partition coefficient (Wildman–Crippen LogP) is 3.46. The number of aromatic carboxylic acids is 1. The minimum atomic E-state index is -1.71. The number of para-hydroxylation sites is 1. The van der Waals surface area contributed by atoms with Crippen molar-refractivity contribution in [1.82, 2.24) is 0 Å². The fraction of sp³-hybridized carbons (Fsp3) is 0. The Kier molecular flexibility index (Phi) is 6.56. The number of fused-ring (bicyclic) bond motifs is 2. The van der Waals surface area contributed by atoms with E-state index >= 15 is 0 Å². The van der Waals surface area contributed by atoms with Gasteiger partial charge in [-0.15, -0.1) is 0 Å².